The van der Waals surface area contributed by atoms with E-state index in [0.717, 1.165) is 10.8 Å². The molecule has 0 radical (unpaired) electrons. The van der Waals surface area contributed by atoms with E-state index in [0.29, 0.717) is 5.75 Å². The van der Waals surface area contributed by atoms with Crippen LogP contribution in [0.1, 0.15) is 0 Å². The van der Waals surface area contributed by atoms with Crippen LogP contribution >= 0.6 is 0 Å². The van der Waals surface area contributed by atoms with Gasteiger partial charge in [0.2, 0.25) is 0 Å². The lowest BCUT2D eigenvalue weighted by Crippen LogP contribution is -1.98. The third kappa shape index (κ3) is 1.73. The van der Waals surface area contributed by atoms with Gasteiger partial charge in [-0.05, 0) is 12.1 Å². The monoisotopic (exact) mass is 208 g/mol. The molecule has 4 nitrogen and oxygen atoms in total. The summed E-state index contributed by atoms with van der Waals surface area (Å²) in [6, 6.07) is 6.85. The zero-order valence-corrected chi connectivity index (χ0v) is 7.86. The lowest BCUT2D eigenvalue weighted by atomic mass is 10.2. The van der Waals surface area contributed by atoms with Crippen molar-refractivity contribution < 1.29 is 12.9 Å². The Balaban J connectivity index is 2.59. The minimum Gasteiger partial charge on any atom is -0.740 e. The second-order valence-electron chi connectivity index (χ2n) is 2.64. The molecule has 0 saturated heterocycles. The molecule has 0 aliphatic carbocycles. The number of rotatable bonds is 2. The Morgan fingerprint density at radius 3 is 3.00 bits per heavy atom. The van der Waals surface area contributed by atoms with Crippen LogP contribution in [0.2, 0.25) is 0 Å². The van der Waals surface area contributed by atoms with E-state index in [1.54, 1.807) is 30.6 Å². The summed E-state index contributed by atoms with van der Waals surface area (Å²) < 4.78 is 25.4. The maximum atomic E-state index is 10.4. The SMILES string of the molecule is O=S([O-])Oc1cccc2cnccc12. The van der Waals surface area contributed by atoms with Gasteiger partial charge in [0, 0.05) is 23.2 Å². The van der Waals surface area contributed by atoms with Gasteiger partial charge in [0.05, 0.1) is 0 Å². The normalized spacial score (nSPS) is 12.6. The van der Waals surface area contributed by atoms with Gasteiger partial charge >= 0.3 is 0 Å². The molecule has 0 N–H and O–H groups in total. The molecule has 0 aliphatic heterocycles. The first-order valence-electron chi connectivity index (χ1n) is 3.88. The van der Waals surface area contributed by atoms with Gasteiger partial charge in [-0.15, -0.1) is 0 Å². The van der Waals surface area contributed by atoms with Crippen molar-refractivity contribution in [1.29, 1.82) is 0 Å². The van der Waals surface area contributed by atoms with Crippen molar-refractivity contribution in [2.24, 2.45) is 0 Å². The molecule has 0 amide bonds. The first-order chi connectivity index (χ1) is 6.77. The summed E-state index contributed by atoms with van der Waals surface area (Å²) in [6.45, 7) is 0. The van der Waals surface area contributed by atoms with Crippen LogP contribution in [0.25, 0.3) is 10.8 Å². The highest BCUT2D eigenvalue weighted by atomic mass is 32.2. The molecule has 2 rings (SSSR count). The van der Waals surface area contributed by atoms with Crippen LogP contribution in [0.15, 0.2) is 36.7 Å². The molecule has 1 atom stereocenters. The van der Waals surface area contributed by atoms with E-state index in [1.165, 1.54) is 0 Å². The number of hydrogen-bond acceptors (Lipinski definition) is 4. The molecule has 0 spiro atoms. The fraction of sp³-hybridized carbons (Fsp3) is 0. The third-order valence-electron chi connectivity index (χ3n) is 1.80. The average molecular weight is 208 g/mol. The van der Waals surface area contributed by atoms with Crippen molar-refractivity contribution in [2.45, 2.75) is 0 Å². The van der Waals surface area contributed by atoms with Crippen LogP contribution < -0.4 is 4.18 Å². The average Bonchev–Trinajstić information content (AvgIpc) is 2.18. The molecule has 1 heterocycles. The Morgan fingerprint density at radius 2 is 2.21 bits per heavy atom. The van der Waals surface area contributed by atoms with Gasteiger partial charge in [-0.25, -0.2) is 4.21 Å². The Morgan fingerprint density at radius 1 is 1.36 bits per heavy atom. The van der Waals surface area contributed by atoms with Gasteiger partial charge < -0.3 is 8.74 Å². The van der Waals surface area contributed by atoms with E-state index < -0.39 is 11.4 Å². The molecular weight excluding hydrogens is 202 g/mol. The molecule has 0 aliphatic rings. The Hall–Kier alpha value is -1.46. The second-order valence-corrected chi connectivity index (χ2v) is 3.22. The van der Waals surface area contributed by atoms with Crippen molar-refractivity contribution in [3.63, 3.8) is 0 Å². The van der Waals surface area contributed by atoms with Crippen molar-refractivity contribution in [3.05, 3.63) is 36.7 Å². The summed E-state index contributed by atoms with van der Waals surface area (Å²) in [4.78, 5) is 3.92. The van der Waals surface area contributed by atoms with Gasteiger partial charge in [-0.2, -0.15) is 0 Å². The molecule has 1 aromatic carbocycles. The van der Waals surface area contributed by atoms with E-state index in [4.69, 9.17) is 0 Å². The van der Waals surface area contributed by atoms with E-state index >= 15 is 0 Å². The van der Waals surface area contributed by atoms with Crippen molar-refractivity contribution in [1.82, 2.24) is 4.98 Å². The summed E-state index contributed by atoms with van der Waals surface area (Å²) >= 11 is -2.54. The van der Waals surface area contributed by atoms with Gasteiger partial charge in [0.25, 0.3) is 0 Å². The lowest BCUT2D eigenvalue weighted by Gasteiger charge is -2.09. The highest BCUT2D eigenvalue weighted by Gasteiger charge is 2.00. The molecule has 0 bridgehead atoms. The second kappa shape index (κ2) is 3.73. The number of fused-ring (bicyclic) bond motifs is 1. The predicted molar refractivity (Wildman–Crippen MR) is 51.3 cm³/mol. The van der Waals surface area contributed by atoms with Gasteiger partial charge in [-0.3, -0.25) is 4.98 Å². The van der Waals surface area contributed by atoms with Crippen LogP contribution in [-0.2, 0) is 11.4 Å². The van der Waals surface area contributed by atoms with Crippen LogP contribution in [0, 0.1) is 0 Å². The predicted octanol–water partition coefficient (Wildman–Crippen LogP) is 1.41. The van der Waals surface area contributed by atoms with E-state index in [1.807, 2.05) is 6.07 Å². The molecule has 1 aromatic heterocycles. The van der Waals surface area contributed by atoms with Crippen molar-refractivity contribution >= 4 is 22.1 Å². The minimum absolute atomic E-state index is 0.318. The smallest absolute Gasteiger partial charge is 0.147 e. The fourth-order valence-corrected chi connectivity index (χ4v) is 1.53. The number of nitrogens with zero attached hydrogens (tertiary/aromatic N) is 1. The summed E-state index contributed by atoms with van der Waals surface area (Å²) in [7, 11) is 0. The van der Waals surface area contributed by atoms with Gasteiger partial charge in [0.1, 0.15) is 17.1 Å². The highest BCUT2D eigenvalue weighted by molar-refractivity contribution is 7.74. The van der Waals surface area contributed by atoms with Gasteiger partial charge in [0.15, 0.2) is 0 Å². The molecule has 5 heteroatoms. The van der Waals surface area contributed by atoms with Crippen molar-refractivity contribution in [2.75, 3.05) is 0 Å². The molecule has 72 valence electrons. The van der Waals surface area contributed by atoms with E-state index in [2.05, 4.69) is 9.17 Å². The Labute approximate surface area is 83.0 Å². The lowest BCUT2D eigenvalue weighted by molar-refractivity contribution is 0.442. The summed E-state index contributed by atoms with van der Waals surface area (Å²) in [5.74, 6) is 0.318. The summed E-state index contributed by atoms with van der Waals surface area (Å²) in [5.41, 5.74) is 0. The first kappa shape index (κ1) is 9.11. The van der Waals surface area contributed by atoms with E-state index in [-0.39, 0.29) is 0 Å². The van der Waals surface area contributed by atoms with Crippen LogP contribution in [-0.4, -0.2) is 13.7 Å². The Bertz CT molecular complexity index is 481. The van der Waals surface area contributed by atoms with Crippen LogP contribution in [0.4, 0.5) is 0 Å². The number of aromatic nitrogens is 1. The van der Waals surface area contributed by atoms with E-state index in [9.17, 15) is 8.76 Å². The Kier molecular flexibility index (Phi) is 2.43. The molecule has 0 fully saturated rings. The summed E-state index contributed by atoms with van der Waals surface area (Å²) in [6.07, 6.45) is 3.23. The molecule has 1 unspecified atom stereocenters. The van der Waals surface area contributed by atoms with Gasteiger partial charge in [-0.1, -0.05) is 12.1 Å². The summed E-state index contributed by atoms with van der Waals surface area (Å²) in [5, 5.41) is 1.57. The molecule has 14 heavy (non-hydrogen) atoms. The quantitative estimate of drug-likeness (QED) is 0.700. The maximum Gasteiger partial charge on any atom is 0.147 e. The number of hydrogen-bond donors (Lipinski definition) is 0. The molecule has 0 saturated carbocycles. The third-order valence-corrected chi connectivity index (χ3v) is 2.11. The molecule has 2 aromatic rings. The molecular formula is C9H6NO3S-. The van der Waals surface area contributed by atoms with Crippen LogP contribution in [0.3, 0.4) is 0 Å². The van der Waals surface area contributed by atoms with Crippen LogP contribution in [0.5, 0.6) is 5.75 Å². The first-order valence-corrected chi connectivity index (χ1v) is 4.88. The zero-order valence-electron chi connectivity index (χ0n) is 7.04. The zero-order chi connectivity index (χ0) is 9.97. The maximum absolute atomic E-state index is 10.4. The number of benzene rings is 1. The fourth-order valence-electron chi connectivity index (χ4n) is 1.24. The largest absolute Gasteiger partial charge is 0.740 e. The number of pyridine rings is 1. The standard InChI is InChI=1S/C9H7NO3S/c11-14(12)13-9-3-1-2-7-6-10-5-4-8(7)9/h1-6H,(H,11,12)/p-1. The van der Waals surface area contributed by atoms with Crippen molar-refractivity contribution in [3.8, 4) is 5.75 Å². The topological polar surface area (TPSA) is 62.2 Å². The minimum atomic E-state index is -2.54. The highest BCUT2D eigenvalue weighted by Crippen LogP contribution is 2.24.